The van der Waals surface area contributed by atoms with Crippen molar-refractivity contribution < 1.29 is 5.11 Å². The molecule has 1 atom stereocenters. The van der Waals surface area contributed by atoms with Gasteiger partial charge < -0.3 is 15.4 Å². The lowest BCUT2D eigenvalue weighted by Gasteiger charge is -2.15. The summed E-state index contributed by atoms with van der Waals surface area (Å²) in [5.41, 5.74) is 6.80. The Morgan fingerprint density at radius 1 is 1.64 bits per heavy atom. The molecule has 3 N–H and O–H groups in total. The number of aliphatic hydroxyl groups excluding tert-OH is 1. The Bertz CT molecular complexity index is 260. The van der Waals surface area contributed by atoms with E-state index in [0.29, 0.717) is 13.0 Å². The SMILES string of the molecule is CCCn1cncc1C(CN)CCO. The van der Waals surface area contributed by atoms with E-state index in [1.807, 2.05) is 12.5 Å². The molecule has 0 aliphatic rings. The molecule has 14 heavy (non-hydrogen) atoms. The van der Waals surface area contributed by atoms with Crippen LogP contribution in [0.2, 0.25) is 0 Å². The Balaban J connectivity index is 2.74. The smallest absolute Gasteiger partial charge is 0.0948 e. The molecule has 1 aromatic rings. The maximum absolute atomic E-state index is 8.90. The average Bonchev–Trinajstić information content (AvgIpc) is 2.63. The molecule has 0 aromatic carbocycles. The molecule has 1 unspecified atom stereocenters. The second kappa shape index (κ2) is 5.78. The van der Waals surface area contributed by atoms with Crippen LogP contribution in [0, 0.1) is 0 Å². The molecule has 0 fully saturated rings. The molecule has 0 bridgehead atoms. The van der Waals surface area contributed by atoms with Gasteiger partial charge in [0.2, 0.25) is 0 Å². The highest BCUT2D eigenvalue weighted by Crippen LogP contribution is 2.17. The first kappa shape index (κ1) is 11.2. The lowest BCUT2D eigenvalue weighted by molar-refractivity contribution is 0.274. The van der Waals surface area contributed by atoms with Crippen molar-refractivity contribution in [1.29, 1.82) is 0 Å². The van der Waals surface area contributed by atoms with E-state index in [2.05, 4.69) is 16.5 Å². The molecule has 0 amide bonds. The summed E-state index contributed by atoms with van der Waals surface area (Å²) >= 11 is 0. The van der Waals surface area contributed by atoms with Crippen molar-refractivity contribution in [2.24, 2.45) is 5.73 Å². The average molecular weight is 197 g/mol. The third-order valence-corrected chi connectivity index (χ3v) is 2.39. The number of rotatable bonds is 6. The number of nitrogens with two attached hydrogens (primary N) is 1. The third-order valence-electron chi connectivity index (χ3n) is 2.39. The van der Waals surface area contributed by atoms with E-state index in [-0.39, 0.29) is 12.5 Å². The molecule has 0 saturated heterocycles. The molecule has 80 valence electrons. The summed E-state index contributed by atoms with van der Waals surface area (Å²) in [6.45, 7) is 3.85. The van der Waals surface area contributed by atoms with Gasteiger partial charge in [0.05, 0.1) is 6.33 Å². The van der Waals surface area contributed by atoms with Gasteiger partial charge in [0.1, 0.15) is 0 Å². The summed E-state index contributed by atoms with van der Waals surface area (Å²) in [6, 6.07) is 0. The predicted octanol–water partition coefficient (Wildman–Crippen LogP) is 0.718. The maximum Gasteiger partial charge on any atom is 0.0948 e. The molecular weight excluding hydrogens is 178 g/mol. The fraction of sp³-hybridized carbons (Fsp3) is 0.700. The Morgan fingerprint density at radius 2 is 2.43 bits per heavy atom. The first-order valence-corrected chi connectivity index (χ1v) is 5.14. The summed E-state index contributed by atoms with van der Waals surface area (Å²) in [4.78, 5) is 4.12. The molecular formula is C10H19N3O. The van der Waals surface area contributed by atoms with Crippen LogP contribution in [-0.4, -0.2) is 27.8 Å². The fourth-order valence-corrected chi connectivity index (χ4v) is 1.64. The van der Waals surface area contributed by atoms with Gasteiger partial charge in [0.15, 0.2) is 0 Å². The Morgan fingerprint density at radius 3 is 3.00 bits per heavy atom. The van der Waals surface area contributed by atoms with Gasteiger partial charge in [-0.25, -0.2) is 4.98 Å². The molecule has 0 saturated carbocycles. The van der Waals surface area contributed by atoms with Crippen LogP contribution in [0.4, 0.5) is 0 Å². The standard InChI is InChI=1S/C10H19N3O/c1-2-4-13-8-12-7-10(13)9(6-11)3-5-14/h7-9,14H,2-6,11H2,1H3. The van der Waals surface area contributed by atoms with Crippen LogP contribution < -0.4 is 5.73 Å². The zero-order valence-corrected chi connectivity index (χ0v) is 8.69. The van der Waals surface area contributed by atoms with E-state index in [0.717, 1.165) is 18.7 Å². The predicted molar refractivity (Wildman–Crippen MR) is 56.0 cm³/mol. The molecule has 1 rings (SSSR count). The van der Waals surface area contributed by atoms with Crippen LogP contribution in [0.25, 0.3) is 0 Å². The number of aliphatic hydroxyl groups is 1. The molecule has 4 heteroatoms. The fourth-order valence-electron chi connectivity index (χ4n) is 1.64. The van der Waals surface area contributed by atoms with Crippen molar-refractivity contribution in [3.05, 3.63) is 18.2 Å². The number of aryl methyl sites for hydroxylation is 1. The van der Waals surface area contributed by atoms with Crippen molar-refractivity contribution in [3.8, 4) is 0 Å². The van der Waals surface area contributed by atoms with Gasteiger partial charge in [-0.3, -0.25) is 0 Å². The maximum atomic E-state index is 8.90. The summed E-state index contributed by atoms with van der Waals surface area (Å²) in [7, 11) is 0. The lowest BCUT2D eigenvalue weighted by atomic mass is 10.0. The molecule has 1 aromatic heterocycles. The number of hydrogen-bond acceptors (Lipinski definition) is 3. The summed E-state index contributed by atoms with van der Waals surface area (Å²) in [6.07, 6.45) is 5.48. The first-order chi connectivity index (χ1) is 6.83. The normalized spacial score (nSPS) is 13.1. The molecule has 0 spiro atoms. The van der Waals surface area contributed by atoms with Crippen LogP contribution in [-0.2, 0) is 6.54 Å². The largest absolute Gasteiger partial charge is 0.396 e. The first-order valence-electron chi connectivity index (χ1n) is 5.14. The highest BCUT2D eigenvalue weighted by atomic mass is 16.3. The molecule has 4 nitrogen and oxygen atoms in total. The van der Waals surface area contributed by atoms with Gasteiger partial charge in [0.25, 0.3) is 0 Å². The van der Waals surface area contributed by atoms with Crippen molar-refractivity contribution in [2.45, 2.75) is 32.2 Å². The molecule has 0 radical (unpaired) electrons. The minimum atomic E-state index is 0.180. The molecule has 0 aliphatic carbocycles. The monoisotopic (exact) mass is 197 g/mol. The van der Waals surface area contributed by atoms with Crippen LogP contribution in [0.5, 0.6) is 0 Å². The van der Waals surface area contributed by atoms with Crippen molar-refractivity contribution in [1.82, 2.24) is 9.55 Å². The van der Waals surface area contributed by atoms with Gasteiger partial charge >= 0.3 is 0 Å². The highest BCUT2D eigenvalue weighted by molar-refractivity contribution is 5.06. The van der Waals surface area contributed by atoms with Crippen LogP contribution in [0.3, 0.4) is 0 Å². The van der Waals surface area contributed by atoms with Gasteiger partial charge in [0, 0.05) is 37.5 Å². The van der Waals surface area contributed by atoms with E-state index in [1.54, 1.807) is 0 Å². The highest BCUT2D eigenvalue weighted by Gasteiger charge is 2.13. The van der Waals surface area contributed by atoms with Gasteiger partial charge in [-0.15, -0.1) is 0 Å². The second-order valence-electron chi connectivity index (χ2n) is 3.46. The minimum Gasteiger partial charge on any atom is -0.396 e. The summed E-state index contributed by atoms with van der Waals surface area (Å²) < 4.78 is 2.12. The second-order valence-corrected chi connectivity index (χ2v) is 3.46. The lowest BCUT2D eigenvalue weighted by Crippen LogP contribution is -2.17. The zero-order chi connectivity index (χ0) is 10.4. The number of aromatic nitrogens is 2. The van der Waals surface area contributed by atoms with Gasteiger partial charge in [-0.1, -0.05) is 6.92 Å². The Kier molecular flexibility index (Phi) is 4.62. The van der Waals surface area contributed by atoms with Crippen molar-refractivity contribution >= 4 is 0 Å². The van der Waals surface area contributed by atoms with E-state index in [9.17, 15) is 0 Å². The van der Waals surface area contributed by atoms with Crippen LogP contribution in [0.15, 0.2) is 12.5 Å². The minimum absolute atomic E-state index is 0.180. The quantitative estimate of drug-likeness (QED) is 0.706. The topological polar surface area (TPSA) is 64.1 Å². The Labute approximate surface area is 84.8 Å². The van der Waals surface area contributed by atoms with E-state index in [4.69, 9.17) is 10.8 Å². The number of hydrogen-bond donors (Lipinski definition) is 2. The summed E-state index contributed by atoms with van der Waals surface area (Å²) in [5.74, 6) is 0.231. The van der Waals surface area contributed by atoms with Crippen LogP contribution in [0.1, 0.15) is 31.4 Å². The van der Waals surface area contributed by atoms with Crippen molar-refractivity contribution in [2.75, 3.05) is 13.2 Å². The number of imidazole rings is 1. The third kappa shape index (κ3) is 2.56. The van der Waals surface area contributed by atoms with Crippen LogP contribution >= 0.6 is 0 Å². The van der Waals surface area contributed by atoms with E-state index in [1.165, 1.54) is 0 Å². The van der Waals surface area contributed by atoms with E-state index < -0.39 is 0 Å². The van der Waals surface area contributed by atoms with E-state index >= 15 is 0 Å². The van der Waals surface area contributed by atoms with Crippen molar-refractivity contribution in [3.63, 3.8) is 0 Å². The Hall–Kier alpha value is -0.870. The summed E-state index contributed by atoms with van der Waals surface area (Å²) in [5, 5.41) is 8.90. The van der Waals surface area contributed by atoms with Gasteiger partial charge in [-0.05, 0) is 12.8 Å². The number of nitrogens with zero attached hydrogens (tertiary/aromatic N) is 2. The molecule has 0 aliphatic heterocycles. The zero-order valence-electron chi connectivity index (χ0n) is 8.69. The van der Waals surface area contributed by atoms with Gasteiger partial charge in [-0.2, -0.15) is 0 Å². The molecule has 1 heterocycles.